The Kier molecular flexibility index (Phi) is 7.16. The number of halogens is 1. The Morgan fingerprint density at radius 1 is 1.06 bits per heavy atom. The van der Waals surface area contributed by atoms with Gasteiger partial charge in [-0.05, 0) is 42.3 Å². The van der Waals surface area contributed by atoms with E-state index in [0.717, 1.165) is 12.2 Å². The number of hydrogen-bond acceptors (Lipinski definition) is 5. The molecule has 0 aliphatic heterocycles. The van der Waals surface area contributed by atoms with E-state index in [2.05, 4.69) is 25.8 Å². The van der Waals surface area contributed by atoms with Crippen LogP contribution >= 0.6 is 11.8 Å². The molecule has 32 heavy (non-hydrogen) atoms. The zero-order valence-electron chi connectivity index (χ0n) is 17.4. The molecule has 2 amide bonds. The molecule has 166 valence electrons. The molecule has 0 radical (unpaired) electrons. The van der Waals surface area contributed by atoms with E-state index in [4.69, 9.17) is 0 Å². The van der Waals surface area contributed by atoms with E-state index in [1.165, 1.54) is 61.7 Å². The molecule has 1 heterocycles. The summed E-state index contributed by atoms with van der Waals surface area (Å²) in [5.74, 6) is 0.605. The topological polar surface area (TPSA) is 99.8 Å². The lowest BCUT2D eigenvalue weighted by Crippen LogP contribution is -2.19. The summed E-state index contributed by atoms with van der Waals surface area (Å²) in [6, 6.07) is 12.2. The maximum atomic E-state index is 13.1. The van der Waals surface area contributed by atoms with Crippen LogP contribution in [-0.4, -0.2) is 32.7 Å². The normalized spacial score (nSPS) is 13.8. The molecule has 3 N–H and O–H groups in total. The average Bonchev–Trinajstić information content (AvgIpc) is 3.47. The van der Waals surface area contributed by atoms with Gasteiger partial charge in [-0.1, -0.05) is 49.6 Å². The molecule has 1 aliphatic carbocycles. The minimum atomic E-state index is -0.398. The van der Waals surface area contributed by atoms with E-state index in [0.29, 0.717) is 28.0 Å². The molecule has 0 unspecified atom stereocenters. The molecule has 0 spiro atoms. The van der Waals surface area contributed by atoms with Crippen molar-refractivity contribution in [2.24, 2.45) is 5.92 Å². The van der Waals surface area contributed by atoms with Gasteiger partial charge < -0.3 is 10.6 Å². The molecule has 0 atom stereocenters. The van der Waals surface area contributed by atoms with Gasteiger partial charge in [0.15, 0.2) is 0 Å². The van der Waals surface area contributed by atoms with Crippen molar-refractivity contribution in [3.63, 3.8) is 0 Å². The number of rotatable bonds is 8. The monoisotopic (exact) mass is 453 g/mol. The molecule has 1 saturated carbocycles. The van der Waals surface area contributed by atoms with Crippen molar-refractivity contribution in [3.8, 4) is 0 Å². The summed E-state index contributed by atoms with van der Waals surface area (Å²) in [7, 11) is 0. The number of carbonyl (C=O) groups is 2. The van der Waals surface area contributed by atoms with Crippen molar-refractivity contribution in [2.45, 2.75) is 37.3 Å². The van der Waals surface area contributed by atoms with Crippen LogP contribution in [0, 0.1) is 11.7 Å². The van der Waals surface area contributed by atoms with Gasteiger partial charge in [0.2, 0.25) is 11.1 Å². The number of aromatic nitrogens is 3. The minimum absolute atomic E-state index is 0.120. The fraction of sp³-hybridized carbons (Fsp3) is 0.304. The van der Waals surface area contributed by atoms with Gasteiger partial charge in [-0.2, -0.15) is 0 Å². The fourth-order valence-corrected chi connectivity index (χ4v) is 4.38. The number of thioether (sulfide) groups is 1. The third-order valence-electron chi connectivity index (χ3n) is 5.35. The molecule has 0 saturated heterocycles. The summed E-state index contributed by atoms with van der Waals surface area (Å²) in [4.78, 5) is 29.6. The highest BCUT2D eigenvalue weighted by Gasteiger charge is 2.18. The second kappa shape index (κ2) is 10.4. The van der Waals surface area contributed by atoms with Gasteiger partial charge >= 0.3 is 0 Å². The summed E-state index contributed by atoms with van der Waals surface area (Å²) < 4.78 is 13.1. The van der Waals surface area contributed by atoms with Crippen LogP contribution in [0.5, 0.6) is 0 Å². The third-order valence-corrected chi connectivity index (χ3v) is 6.20. The molecule has 0 bridgehead atoms. The van der Waals surface area contributed by atoms with Crippen molar-refractivity contribution in [1.82, 2.24) is 15.2 Å². The van der Waals surface area contributed by atoms with Crippen LogP contribution < -0.4 is 10.6 Å². The lowest BCUT2D eigenvalue weighted by Gasteiger charge is -2.11. The van der Waals surface area contributed by atoms with Crippen molar-refractivity contribution >= 4 is 35.0 Å². The van der Waals surface area contributed by atoms with E-state index in [1.807, 2.05) is 0 Å². The minimum Gasteiger partial charge on any atom is -0.325 e. The molecule has 9 heteroatoms. The molecular formula is C23H24FN5O2S. The SMILES string of the molecule is O=C(CSc1n[nH]c(CC2CCCC2)n1)Nc1ccccc1C(=O)Nc1ccc(F)cc1. The Morgan fingerprint density at radius 3 is 2.59 bits per heavy atom. The lowest BCUT2D eigenvalue weighted by molar-refractivity contribution is -0.113. The standard InChI is InChI=1S/C23H24FN5O2S/c24-16-9-11-17(12-10-16)25-22(31)18-7-3-4-8-19(18)26-21(30)14-32-23-27-20(28-29-23)13-15-5-1-2-6-15/h3-4,7-12,15H,1-2,5-6,13-14H2,(H,25,31)(H,26,30)(H,27,28,29). The quantitative estimate of drug-likeness (QED) is 0.431. The molecule has 1 aliphatic rings. The Hall–Kier alpha value is -3.20. The van der Waals surface area contributed by atoms with Crippen LogP contribution in [0.2, 0.25) is 0 Å². The Bertz CT molecular complexity index is 1080. The van der Waals surface area contributed by atoms with Crippen LogP contribution in [0.3, 0.4) is 0 Å². The lowest BCUT2D eigenvalue weighted by atomic mass is 10.0. The number of para-hydroxylation sites is 1. The summed E-state index contributed by atoms with van der Waals surface area (Å²) in [6.45, 7) is 0. The largest absolute Gasteiger partial charge is 0.325 e. The van der Waals surface area contributed by atoms with E-state index in [1.54, 1.807) is 24.3 Å². The smallest absolute Gasteiger partial charge is 0.257 e. The van der Waals surface area contributed by atoms with Gasteiger partial charge in [-0.3, -0.25) is 14.7 Å². The number of nitrogens with one attached hydrogen (secondary N) is 3. The maximum absolute atomic E-state index is 13.1. The van der Waals surface area contributed by atoms with Crippen molar-refractivity contribution in [3.05, 3.63) is 65.7 Å². The molecule has 7 nitrogen and oxygen atoms in total. The highest BCUT2D eigenvalue weighted by atomic mass is 32.2. The first-order valence-corrected chi connectivity index (χ1v) is 11.6. The van der Waals surface area contributed by atoms with Crippen molar-refractivity contribution in [2.75, 3.05) is 16.4 Å². The summed E-state index contributed by atoms with van der Waals surface area (Å²) >= 11 is 1.24. The van der Waals surface area contributed by atoms with Crippen LogP contribution in [0.15, 0.2) is 53.7 Å². The number of anilines is 2. The van der Waals surface area contributed by atoms with E-state index >= 15 is 0 Å². The van der Waals surface area contributed by atoms with Crippen LogP contribution in [0.4, 0.5) is 15.8 Å². The highest BCUT2D eigenvalue weighted by Crippen LogP contribution is 2.27. The summed E-state index contributed by atoms with van der Waals surface area (Å²) in [5.41, 5.74) is 1.17. The Labute approximate surface area is 189 Å². The first kappa shape index (κ1) is 22.0. The predicted molar refractivity (Wildman–Crippen MR) is 122 cm³/mol. The van der Waals surface area contributed by atoms with E-state index in [-0.39, 0.29) is 17.5 Å². The maximum Gasteiger partial charge on any atom is 0.257 e. The molecule has 1 aromatic heterocycles. The fourth-order valence-electron chi connectivity index (χ4n) is 3.76. The van der Waals surface area contributed by atoms with E-state index < -0.39 is 5.91 Å². The first-order chi connectivity index (χ1) is 15.6. The van der Waals surface area contributed by atoms with E-state index in [9.17, 15) is 14.0 Å². The van der Waals surface area contributed by atoms with Gasteiger partial charge in [0.05, 0.1) is 17.0 Å². The summed E-state index contributed by atoms with van der Waals surface area (Å²) in [6.07, 6.45) is 5.93. The predicted octanol–water partition coefficient (Wildman–Crippen LogP) is 4.66. The summed E-state index contributed by atoms with van der Waals surface area (Å²) in [5, 5.41) is 13.2. The number of carbonyl (C=O) groups excluding carboxylic acids is 2. The Morgan fingerprint density at radius 2 is 1.81 bits per heavy atom. The zero-order valence-corrected chi connectivity index (χ0v) is 18.3. The van der Waals surface area contributed by atoms with Crippen molar-refractivity contribution in [1.29, 1.82) is 0 Å². The van der Waals surface area contributed by atoms with Gasteiger partial charge in [-0.25, -0.2) is 9.37 Å². The number of aromatic amines is 1. The molecule has 4 rings (SSSR count). The molecule has 1 fully saturated rings. The second-order valence-electron chi connectivity index (χ2n) is 7.76. The number of hydrogen-bond donors (Lipinski definition) is 3. The number of benzene rings is 2. The number of amides is 2. The highest BCUT2D eigenvalue weighted by molar-refractivity contribution is 7.99. The van der Waals surface area contributed by atoms with Gasteiger partial charge in [0.25, 0.3) is 5.91 Å². The number of nitrogens with zero attached hydrogens (tertiary/aromatic N) is 2. The average molecular weight is 454 g/mol. The molecule has 3 aromatic rings. The van der Waals surface area contributed by atoms with Crippen LogP contribution in [-0.2, 0) is 11.2 Å². The Balaban J connectivity index is 1.32. The first-order valence-electron chi connectivity index (χ1n) is 10.6. The van der Waals surface area contributed by atoms with Gasteiger partial charge in [-0.15, -0.1) is 5.10 Å². The molecular weight excluding hydrogens is 429 g/mol. The number of H-pyrrole nitrogens is 1. The second-order valence-corrected chi connectivity index (χ2v) is 8.71. The zero-order chi connectivity index (χ0) is 22.3. The third kappa shape index (κ3) is 5.94. The van der Waals surface area contributed by atoms with Crippen LogP contribution in [0.25, 0.3) is 0 Å². The van der Waals surface area contributed by atoms with Gasteiger partial charge in [0, 0.05) is 12.1 Å². The molecule has 2 aromatic carbocycles. The van der Waals surface area contributed by atoms with Gasteiger partial charge in [0.1, 0.15) is 11.6 Å². The van der Waals surface area contributed by atoms with Crippen LogP contribution in [0.1, 0.15) is 41.9 Å². The van der Waals surface area contributed by atoms with Crippen molar-refractivity contribution < 1.29 is 14.0 Å².